The molecule has 1 amide bonds. The summed E-state index contributed by atoms with van der Waals surface area (Å²) in [4.78, 5) is 16.0. The molecule has 1 atom stereocenters. The smallest absolute Gasteiger partial charge is 0.239 e. The molecule has 0 spiro atoms. The highest BCUT2D eigenvalue weighted by atomic mass is 16.2. The van der Waals surface area contributed by atoms with Crippen LogP contribution < -0.4 is 5.73 Å². The summed E-state index contributed by atoms with van der Waals surface area (Å²) in [6, 6.07) is -0.323. The van der Waals surface area contributed by atoms with E-state index in [1.54, 1.807) is 0 Å². The second kappa shape index (κ2) is 6.21. The summed E-state index contributed by atoms with van der Waals surface area (Å²) in [5.74, 6) is 0.732. The number of likely N-dealkylation sites (N-methyl/N-ethyl adjacent to an activating group) is 1. The Bertz CT molecular complexity index is 224. The van der Waals surface area contributed by atoms with E-state index in [-0.39, 0.29) is 11.9 Å². The molecule has 4 nitrogen and oxygen atoms in total. The zero-order chi connectivity index (χ0) is 12.1. The van der Waals surface area contributed by atoms with Gasteiger partial charge in [-0.2, -0.15) is 0 Å². The first kappa shape index (κ1) is 13.5. The van der Waals surface area contributed by atoms with E-state index in [2.05, 4.69) is 11.9 Å². The van der Waals surface area contributed by atoms with Crippen molar-refractivity contribution in [3.05, 3.63) is 0 Å². The molecule has 2 N–H and O–H groups in total. The second-order valence-corrected chi connectivity index (χ2v) is 4.98. The minimum Gasteiger partial charge on any atom is -0.344 e. The van der Waals surface area contributed by atoms with E-state index in [0.29, 0.717) is 5.92 Å². The average molecular weight is 227 g/mol. The third-order valence-electron chi connectivity index (χ3n) is 3.50. The number of hydrogen-bond acceptors (Lipinski definition) is 3. The Morgan fingerprint density at radius 1 is 1.50 bits per heavy atom. The Morgan fingerprint density at radius 3 is 2.56 bits per heavy atom. The van der Waals surface area contributed by atoms with Crippen molar-refractivity contribution in [2.75, 3.05) is 33.7 Å². The number of carbonyl (C=O) groups is 1. The third-order valence-corrected chi connectivity index (χ3v) is 3.50. The quantitative estimate of drug-likeness (QED) is 0.762. The highest BCUT2D eigenvalue weighted by molar-refractivity contribution is 5.81. The fourth-order valence-electron chi connectivity index (χ4n) is 2.18. The van der Waals surface area contributed by atoms with Crippen LogP contribution in [0.15, 0.2) is 0 Å². The first-order valence-electron chi connectivity index (χ1n) is 6.23. The van der Waals surface area contributed by atoms with Crippen LogP contribution in [0.4, 0.5) is 0 Å². The molecule has 1 rings (SSSR count). The molecule has 0 radical (unpaired) electrons. The Labute approximate surface area is 98.8 Å². The Kier molecular flexibility index (Phi) is 5.22. The molecule has 1 aliphatic heterocycles. The minimum atomic E-state index is -0.323. The van der Waals surface area contributed by atoms with E-state index in [0.717, 1.165) is 26.1 Å². The van der Waals surface area contributed by atoms with Crippen molar-refractivity contribution in [3.63, 3.8) is 0 Å². The van der Waals surface area contributed by atoms with Gasteiger partial charge in [0.15, 0.2) is 0 Å². The van der Waals surface area contributed by atoms with Crippen LogP contribution in [0, 0.1) is 5.92 Å². The predicted molar refractivity (Wildman–Crippen MR) is 66.1 cm³/mol. The van der Waals surface area contributed by atoms with Crippen LogP contribution in [0.2, 0.25) is 0 Å². The van der Waals surface area contributed by atoms with Crippen LogP contribution in [0.1, 0.15) is 26.2 Å². The van der Waals surface area contributed by atoms with E-state index in [9.17, 15) is 4.79 Å². The number of carbonyl (C=O) groups excluding carboxylic acids is 1. The summed E-state index contributed by atoms with van der Waals surface area (Å²) in [5, 5.41) is 0. The summed E-state index contributed by atoms with van der Waals surface area (Å²) >= 11 is 0. The van der Waals surface area contributed by atoms with Crippen LogP contribution in [0.5, 0.6) is 0 Å². The largest absolute Gasteiger partial charge is 0.344 e. The molecule has 16 heavy (non-hydrogen) atoms. The lowest BCUT2D eigenvalue weighted by Crippen LogP contribution is -2.44. The third kappa shape index (κ3) is 3.76. The van der Waals surface area contributed by atoms with Gasteiger partial charge in [0.25, 0.3) is 0 Å². The molecular formula is C12H25N3O. The molecule has 94 valence electrons. The molecule has 1 heterocycles. The molecule has 0 saturated carbocycles. The SMILES string of the molecule is CCC(N)C(=O)N(C)CC1CCN(C)CC1. The monoisotopic (exact) mass is 227 g/mol. The van der Waals surface area contributed by atoms with Crippen LogP contribution in [-0.2, 0) is 4.79 Å². The van der Waals surface area contributed by atoms with Gasteiger partial charge in [0.1, 0.15) is 0 Å². The number of likely N-dealkylation sites (tertiary alicyclic amines) is 1. The molecule has 1 aliphatic rings. The molecule has 1 saturated heterocycles. The summed E-state index contributed by atoms with van der Waals surface area (Å²) in [6.07, 6.45) is 3.10. The number of nitrogens with zero attached hydrogens (tertiary/aromatic N) is 2. The van der Waals surface area contributed by atoms with E-state index in [1.807, 2.05) is 18.9 Å². The maximum Gasteiger partial charge on any atom is 0.239 e. The zero-order valence-corrected chi connectivity index (χ0v) is 10.8. The number of amides is 1. The molecule has 4 heteroatoms. The first-order chi connectivity index (χ1) is 7.54. The summed E-state index contributed by atoms with van der Waals surface area (Å²) in [6.45, 7) is 5.10. The lowest BCUT2D eigenvalue weighted by molar-refractivity contribution is -0.132. The van der Waals surface area contributed by atoms with Crippen molar-refractivity contribution in [2.45, 2.75) is 32.2 Å². The lowest BCUT2D eigenvalue weighted by atomic mass is 9.96. The molecule has 0 bridgehead atoms. The van der Waals surface area contributed by atoms with Gasteiger partial charge in [0, 0.05) is 13.6 Å². The van der Waals surface area contributed by atoms with Crippen molar-refractivity contribution < 1.29 is 4.79 Å². The second-order valence-electron chi connectivity index (χ2n) is 4.98. The molecule has 1 unspecified atom stereocenters. The average Bonchev–Trinajstić information content (AvgIpc) is 2.30. The highest BCUT2D eigenvalue weighted by Gasteiger charge is 2.22. The fourth-order valence-corrected chi connectivity index (χ4v) is 2.18. The van der Waals surface area contributed by atoms with Gasteiger partial charge in [-0.15, -0.1) is 0 Å². The van der Waals surface area contributed by atoms with Gasteiger partial charge in [-0.3, -0.25) is 4.79 Å². The Hall–Kier alpha value is -0.610. The van der Waals surface area contributed by atoms with E-state index >= 15 is 0 Å². The zero-order valence-electron chi connectivity index (χ0n) is 10.8. The maximum absolute atomic E-state index is 11.8. The molecule has 0 aromatic rings. The van der Waals surface area contributed by atoms with Gasteiger partial charge in [-0.1, -0.05) is 6.92 Å². The van der Waals surface area contributed by atoms with Crippen LogP contribution in [0.3, 0.4) is 0 Å². The van der Waals surface area contributed by atoms with Crippen LogP contribution >= 0.6 is 0 Å². The van der Waals surface area contributed by atoms with Crippen molar-refractivity contribution >= 4 is 5.91 Å². The van der Waals surface area contributed by atoms with Gasteiger partial charge >= 0.3 is 0 Å². The molecule has 1 fully saturated rings. The van der Waals surface area contributed by atoms with Gasteiger partial charge < -0.3 is 15.5 Å². The molecular weight excluding hydrogens is 202 g/mol. The summed E-state index contributed by atoms with van der Waals surface area (Å²) in [7, 11) is 4.02. The highest BCUT2D eigenvalue weighted by Crippen LogP contribution is 2.17. The lowest BCUT2D eigenvalue weighted by Gasteiger charge is -2.32. The standard InChI is InChI=1S/C12H25N3O/c1-4-11(13)12(16)15(3)9-10-5-7-14(2)8-6-10/h10-11H,4-9,13H2,1-3H3. The number of piperidine rings is 1. The first-order valence-corrected chi connectivity index (χ1v) is 6.23. The Balaban J connectivity index is 2.33. The summed E-state index contributed by atoms with van der Waals surface area (Å²) < 4.78 is 0. The predicted octanol–water partition coefficient (Wildman–Crippen LogP) is 0.524. The van der Waals surface area contributed by atoms with Crippen LogP contribution in [-0.4, -0.2) is 55.5 Å². The number of rotatable bonds is 4. The van der Waals surface area contributed by atoms with Crippen molar-refractivity contribution in [3.8, 4) is 0 Å². The van der Waals surface area contributed by atoms with Crippen molar-refractivity contribution in [1.29, 1.82) is 0 Å². The Morgan fingerprint density at radius 2 is 2.06 bits per heavy atom. The normalized spacial score (nSPS) is 20.8. The number of hydrogen-bond donors (Lipinski definition) is 1. The topological polar surface area (TPSA) is 49.6 Å². The molecule has 0 aromatic heterocycles. The van der Waals surface area contributed by atoms with E-state index < -0.39 is 0 Å². The van der Waals surface area contributed by atoms with E-state index in [4.69, 9.17) is 5.73 Å². The van der Waals surface area contributed by atoms with Gasteiger partial charge in [0.05, 0.1) is 6.04 Å². The fraction of sp³-hybridized carbons (Fsp3) is 0.917. The van der Waals surface area contributed by atoms with Crippen molar-refractivity contribution in [2.24, 2.45) is 11.7 Å². The minimum absolute atomic E-state index is 0.0847. The molecule has 0 aromatic carbocycles. The summed E-state index contributed by atoms with van der Waals surface area (Å²) in [5.41, 5.74) is 5.75. The van der Waals surface area contributed by atoms with Gasteiger partial charge in [-0.05, 0) is 45.3 Å². The number of nitrogens with two attached hydrogens (primary N) is 1. The molecule has 0 aliphatic carbocycles. The van der Waals surface area contributed by atoms with Crippen molar-refractivity contribution in [1.82, 2.24) is 9.80 Å². The van der Waals surface area contributed by atoms with Crippen LogP contribution in [0.25, 0.3) is 0 Å². The van der Waals surface area contributed by atoms with Gasteiger partial charge in [0.2, 0.25) is 5.91 Å². The maximum atomic E-state index is 11.8. The van der Waals surface area contributed by atoms with E-state index in [1.165, 1.54) is 12.8 Å². The van der Waals surface area contributed by atoms with Gasteiger partial charge in [-0.25, -0.2) is 0 Å².